The average molecular weight is 196 g/mol. The maximum absolute atomic E-state index is 5.22. The van der Waals surface area contributed by atoms with Crippen molar-refractivity contribution in [2.24, 2.45) is 0 Å². The molecule has 1 heterocycles. The Morgan fingerprint density at radius 3 is 3.21 bits per heavy atom. The van der Waals surface area contributed by atoms with Gasteiger partial charge in [-0.15, -0.1) is 0 Å². The number of nitrogens with zero attached hydrogens (tertiary/aromatic N) is 1. The molecule has 0 aliphatic heterocycles. The van der Waals surface area contributed by atoms with E-state index in [0.717, 1.165) is 18.0 Å². The molecule has 1 aliphatic rings. The summed E-state index contributed by atoms with van der Waals surface area (Å²) in [5.74, 6) is 0.805. The van der Waals surface area contributed by atoms with Gasteiger partial charge in [0, 0.05) is 25.3 Å². The Kier molecular flexibility index (Phi) is 3.16. The van der Waals surface area contributed by atoms with E-state index in [1.165, 1.54) is 12.8 Å². The van der Waals surface area contributed by atoms with Crippen LogP contribution in [-0.4, -0.2) is 17.8 Å². The molecule has 0 amide bonds. The van der Waals surface area contributed by atoms with Crippen LogP contribution in [0.3, 0.4) is 0 Å². The van der Waals surface area contributed by atoms with Gasteiger partial charge in [0.15, 0.2) is 5.76 Å². The minimum atomic E-state index is 0.521. The van der Waals surface area contributed by atoms with E-state index in [1.54, 1.807) is 0 Å². The first-order chi connectivity index (χ1) is 6.88. The first kappa shape index (κ1) is 9.68. The van der Waals surface area contributed by atoms with Crippen molar-refractivity contribution in [3.8, 4) is 0 Å². The van der Waals surface area contributed by atoms with E-state index >= 15 is 0 Å². The zero-order valence-corrected chi connectivity index (χ0v) is 8.45. The highest BCUT2D eigenvalue weighted by atomic mass is 16.5. The summed E-state index contributed by atoms with van der Waals surface area (Å²) in [4.78, 5) is 0. The lowest BCUT2D eigenvalue weighted by molar-refractivity contribution is 0.112. The average Bonchev–Trinajstić information content (AvgIpc) is 2.92. The second-order valence-corrected chi connectivity index (χ2v) is 3.58. The van der Waals surface area contributed by atoms with Crippen molar-refractivity contribution in [2.45, 2.75) is 39.0 Å². The Balaban J connectivity index is 1.76. The third kappa shape index (κ3) is 2.82. The molecule has 2 rings (SSSR count). The minimum absolute atomic E-state index is 0.521. The molecule has 0 saturated heterocycles. The van der Waals surface area contributed by atoms with Crippen molar-refractivity contribution in [2.75, 3.05) is 6.61 Å². The van der Waals surface area contributed by atoms with E-state index in [2.05, 4.69) is 10.5 Å². The second kappa shape index (κ2) is 4.57. The topological polar surface area (TPSA) is 47.3 Å². The highest BCUT2D eigenvalue weighted by Gasteiger charge is 2.20. The number of nitrogens with one attached hydrogen (secondary N) is 1. The Bertz CT molecular complexity index is 281. The molecule has 0 radical (unpaired) electrons. The Morgan fingerprint density at radius 2 is 2.50 bits per heavy atom. The van der Waals surface area contributed by atoms with Crippen molar-refractivity contribution in [1.82, 2.24) is 10.5 Å². The number of rotatable bonds is 6. The number of hydrogen-bond donors (Lipinski definition) is 1. The van der Waals surface area contributed by atoms with Crippen molar-refractivity contribution in [1.29, 1.82) is 0 Å². The summed E-state index contributed by atoms with van der Waals surface area (Å²) in [5.41, 5.74) is 0.964. The third-order valence-electron chi connectivity index (χ3n) is 2.21. The van der Waals surface area contributed by atoms with Crippen LogP contribution >= 0.6 is 0 Å². The summed E-state index contributed by atoms with van der Waals surface area (Å²) in [6, 6.07) is 2.66. The van der Waals surface area contributed by atoms with Gasteiger partial charge in [0.1, 0.15) is 6.61 Å². The minimum Gasteiger partial charge on any atom is -0.374 e. The van der Waals surface area contributed by atoms with E-state index in [9.17, 15) is 0 Å². The van der Waals surface area contributed by atoms with E-state index in [1.807, 2.05) is 13.0 Å². The zero-order chi connectivity index (χ0) is 9.80. The Hall–Kier alpha value is -0.870. The molecule has 4 heteroatoms. The van der Waals surface area contributed by atoms with Gasteiger partial charge in [-0.2, -0.15) is 0 Å². The van der Waals surface area contributed by atoms with E-state index in [-0.39, 0.29) is 0 Å². The predicted octanol–water partition coefficient (Wildman–Crippen LogP) is 1.46. The van der Waals surface area contributed by atoms with Crippen LogP contribution in [0.15, 0.2) is 10.6 Å². The van der Waals surface area contributed by atoms with Gasteiger partial charge in [-0.05, 0) is 19.8 Å². The summed E-state index contributed by atoms with van der Waals surface area (Å²) in [6.07, 6.45) is 2.59. The fourth-order valence-corrected chi connectivity index (χ4v) is 1.25. The monoisotopic (exact) mass is 196 g/mol. The molecule has 1 fully saturated rings. The standard InChI is InChI=1S/C10H16N2O2/c1-2-13-7-10-5-9(12-14-10)6-11-8-3-4-8/h5,8,11H,2-4,6-7H2,1H3. The summed E-state index contributed by atoms with van der Waals surface area (Å²) in [5, 5.41) is 7.33. The van der Waals surface area contributed by atoms with Gasteiger partial charge < -0.3 is 14.6 Å². The number of ether oxygens (including phenoxy) is 1. The molecule has 0 spiro atoms. The smallest absolute Gasteiger partial charge is 0.162 e. The fourth-order valence-electron chi connectivity index (χ4n) is 1.25. The molecular formula is C10H16N2O2. The van der Waals surface area contributed by atoms with Gasteiger partial charge in [0.2, 0.25) is 0 Å². The van der Waals surface area contributed by atoms with Gasteiger partial charge >= 0.3 is 0 Å². The Morgan fingerprint density at radius 1 is 1.64 bits per heavy atom. The molecule has 1 aromatic heterocycles. The molecule has 78 valence electrons. The van der Waals surface area contributed by atoms with Gasteiger partial charge in [-0.1, -0.05) is 5.16 Å². The van der Waals surface area contributed by atoms with Crippen LogP contribution in [-0.2, 0) is 17.9 Å². The molecule has 1 aromatic rings. The Labute approximate surface area is 83.6 Å². The van der Waals surface area contributed by atoms with Gasteiger partial charge in [0.25, 0.3) is 0 Å². The highest BCUT2D eigenvalue weighted by molar-refractivity contribution is 5.04. The van der Waals surface area contributed by atoms with Crippen molar-refractivity contribution >= 4 is 0 Å². The van der Waals surface area contributed by atoms with Gasteiger partial charge in [-0.25, -0.2) is 0 Å². The second-order valence-electron chi connectivity index (χ2n) is 3.58. The molecule has 4 nitrogen and oxygen atoms in total. The fraction of sp³-hybridized carbons (Fsp3) is 0.700. The van der Waals surface area contributed by atoms with E-state index < -0.39 is 0 Å². The summed E-state index contributed by atoms with van der Waals surface area (Å²) in [7, 11) is 0. The van der Waals surface area contributed by atoms with Crippen molar-refractivity contribution in [3.63, 3.8) is 0 Å². The molecular weight excluding hydrogens is 180 g/mol. The lowest BCUT2D eigenvalue weighted by Crippen LogP contribution is -2.15. The van der Waals surface area contributed by atoms with E-state index in [4.69, 9.17) is 9.26 Å². The molecule has 0 aromatic carbocycles. The van der Waals surface area contributed by atoms with Gasteiger partial charge in [0.05, 0.1) is 5.69 Å². The molecule has 1 N–H and O–H groups in total. The largest absolute Gasteiger partial charge is 0.374 e. The van der Waals surface area contributed by atoms with Crippen LogP contribution in [0.1, 0.15) is 31.2 Å². The van der Waals surface area contributed by atoms with Crippen LogP contribution in [0.5, 0.6) is 0 Å². The lowest BCUT2D eigenvalue weighted by Gasteiger charge is -1.95. The van der Waals surface area contributed by atoms with Crippen LogP contribution in [0.4, 0.5) is 0 Å². The summed E-state index contributed by atoms with van der Waals surface area (Å²) in [6.45, 7) is 4.00. The molecule has 0 atom stereocenters. The normalized spacial score (nSPS) is 16.1. The number of aromatic nitrogens is 1. The molecule has 14 heavy (non-hydrogen) atoms. The highest BCUT2D eigenvalue weighted by Crippen LogP contribution is 2.19. The quantitative estimate of drug-likeness (QED) is 0.748. The van der Waals surface area contributed by atoms with Gasteiger partial charge in [-0.3, -0.25) is 0 Å². The maximum atomic E-state index is 5.22. The molecule has 0 bridgehead atoms. The van der Waals surface area contributed by atoms with E-state index in [0.29, 0.717) is 19.3 Å². The van der Waals surface area contributed by atoms with Crippen molar-refractivity contribution in [3.05, 3.63) is 17.5 Å². The molecule has 1 aliphatic carbocycles. The predicted molar refractivity (Wildman–Crippen MR) is 51.7 cm³/mol. The first-order valence-corrected chi connectivity index (χ1v) is 5.14. The van der Waals surface area contributed by atoms with Crippen LogP contribution in [0.25, 0.3) is 0 Å². The van der Waals surface area contributed by atoms with Crippen LogP contribution in [0.2, 0.25) is 0 Å². The maximum Gasteiger partial charge on any atom is 0.162 e. The first-order valence-electron chi connectivity index (χ1n) is 5.14. The summed E-state index contributed by atoms with van der Waals surface area (Å²) < 4.78 is 10.3. The zero-order valence-electron chi connectivity index (χ0n) is 8.45. The lowest BCUT2D eigenvalue weighted by atomic mass is 10.3. The summed E-state index contributed by atoms with van der Waals surface area (Å²) >= 11 is 0. The van der Waals surface area contributed by atoms with Crippen LogP contribution < -0.4 is 5.32 Å². The van der Waals surface area contributed by atoms with Crippen LogP contribution in [0, 0.1) is 0 Å². The van der Waals surface area contributed by atoms with Crippen molar-refractivity contribution < 1.29 is 9.26 Å². The number of hydrogen-bond acceptors (Lipinski definition) is 4. The third-order valence-corrected chi connectivity index (χ3v) is 2.21. The molecule has 1 saturated carbocycles. The SMILES string of the molecule is CCOCc1cc(CNC2CC2)no1. The molecule has 0 unspecified atom stereocenters.